The Labute approximate surface area is 171 Å². The Kier molecular flexibility index (Phi) is 4.59. The van der Waals surface area contributed by atoms with Gasteiger partial charge >= 0.3 is 0 Å². The van der Waals surface area contributed by atoms with E-state index < -0.39 is 5.82 Å². The second-order valence-corrected chi connectivity index (χ2v) is 7.12. The smallest absolute Gasteiger partial charge is 0.252 e. The number of benzene rings is 2. The minimum absolute atomic E-state index is 0.250. The molecule has 1 N–H and O–H groups in total. The molecule has 0 atom stereocenters. The van der Waals surface area contributed by atoms with E-state index in [0.717, 1.165) is 18.7 Å². The Morgan fingerprint density at radius 2 is 1.90 bits per heavy atom. The Hall–Kier alpha value is -3.81. The van der Waals surface area contributed by atoms with Crippen molar-refractivity contribution in [2.24, 2.45) is 0 Å². The van der Waals surface area contributed by atoms with Gasteiger partial charge in [0.1, 0.15) is 12.1 Å². The quantitative estimate of drug-likeness (QED) is 0.526. The number of carbonyl (C=O) groups is 1. The molecule has 0 unspecified atom stereocenters. The summed E-state index contributed by atoms with van der Waals surface area (Å²) in [5.41, 5.74) is 1.26. The van der Waals surface area contributed by atoms with Crippen molar-refractivity contribution in [1.29, 1.82) is 0 Å². The number of oxazole rings is 1. The van der Waals surface area contributed by atoms with Gasteiger partial charge in [-0.25, -0.2) is 9.37 Å². The molecule has 1 aliphatic rings. The van der Waals surface area contributed by atoms with Gasteiger partial charge in [-0.15, -0.1) is 10.2 Å². The molecule has 1 saturated carbocycles. The topological polar surface area (TPSA) is 85.8 Å². The first kappa shape index (κ1) is 18.2. The normalized spacial score (nSPS) is 13.4. The highest BCUT2D eigenvalue weighted by Gasteiger charge is 2.26. The fourth-order valence-corrected chi connectivity index (χ4v) is 3.36. The first-order chi connectivity index (χ1) is 14.7. The molecule has 5 rings (SSSR count). The van der Waals surface area contributed by atoms with Crippen molar-refractivity contribution in [3.05, 3.63) is 78.3 Å². The fraction of sp³-hybridized carbons (Fsp3) is 0.182. The molecule has 2 heterocycles. The molecule has 0 saturated heterocycles. The molecular weight excluding hydrogens is 385 g/mol. The molecule has 0 bridgehead atoms. The van der Waals surface area contributed by atoms with Crippen LogP contribution in [0.25, 0.3) is 22.8 Å². The van der Waals surface area contributed by atoms with E-state index in [2.05, 4.69) is 20.5 Å². The summed E-state index contributed by atoms with van der Waals surface area (Å²) in [4.78, 5) is 17.1. The Bertz CT molecular complexity index is 1210. The van der Waals surface area contributed by atoms with E-state index in [0.29, 0.717) is 28.5 Å². The summed E-state index contributed by atoms with van der Waals surface area (Å²) in [6.45, 7) is 0.274. The first-order valence-corrected chi connectivity index (χ1v) is 9.67. The predicted molar refractivity (Wildman–Crippen MR) is 107 cm³/mol. The van der Waals surface area contributed by atoms with Crippen molar-refractivity contribution in [2.45, 2.75) is 25.4 Å². The van der Waals surface area contributed by atoms with Crippen LogP contribution >= 0.6 is 0 Å². The van der Waals surface area contributed by atoms with E-state index >= 15 is 0 Å². The number of nitrogens with one attached hydrogen (secondary N) is 1. The van der Waals surface area contributed by atoms with Crippen molar-refractivity contribution >= 4 is 5.91 Å². The molecular formula is C22H18FN5O2. The highest BCUT2D eigenvalue weighted by molar-refractivity contribution is 5.99. The monoisotopic (exact) mass is 403 g/mol. The molecule has 30 heavy (non-hydrogen) atoms. The molecule has 2 aromatic carbocycles. The third-order valence-electron chi connectivity index (χ3n) is 5.04. The van der Waals surface area contributed by atoms with Gasteiger partial charge in [0, 0.05) is 11.6 Å². The second-order valence-electron chi connectivity index (χ2n) is 7.12. The molecule has 2 aromatic heterocycles. The number of hydrogen-bond acceptors (Lipinski definition) is 5. The van der Waals surface area contributed by atoms with Gasteiger partial charge < -0.3 is 14.3 Å². The SMILES string of the molecule is O=C(NCc1nncn1C1CC1)c1ccccc1-c1ncc(-c2ccccc2F)o1. The third-order valence-corrected chi connectivity index (χ3v) is 5.04. The van der Waals surface area contributed by atoms with E-state index in [1.54, 1.807) is 48.8 Å². The molecule has 0 aliphatic heterocycles. The molecule has 1 fully saturated rings. The second kappa shape index (κ2) is 7.55. The van der Waals surface area contributed by atoms with Gasteiger partial charge in [-0.3, -0.25) is 4.79 Å². The summed E-state index contributed by atoms with van der Waals surface area (Å²) in [5.74, 6) is 0.602. The Morgan fingerprint density at radius 1 is 1.13 bits per heavy atom. The van der Waals surface area contributed by atoms with Crippen LogP contribution in [0.1, 0.15) is 35.1 Å². The van der Waals surface area contributed by atoms with Gasteiger partial charge in [0.2, 0.25) is 5.89 Å². The maximum absolute atomic E-state index is 14.1. The number of hydrogen-bond donors (Lipinski definition) is 1. The summed E-state index contributed by atoms with van der Waals surface area (Å²) in [7, 11) is 0. The molecule has 7 nitrogen and oxygen atoms in total. The average Bonchev–Trinajstić information content (AvgIpc) is 3.31. The van der Waals surface area contributed by atoms with Gasteiger partial charge in [-0.2, -0.15) is 0 Å². The molecule has 150 valence electrons. The zero-order chi connectivity index (χ0) is 20.5. The van der Waals surface area contributed by atoms with Gasteiger partial charge in [0.25, 0.3) is 5.91 Å². The summed E-state index contributed by atoms with van der Waals surface area (Å²) < 4.78 is 21.8. The highest BCUT2D eigenvalue weighted by Crippen LogP contribution is 2.35. The van der Waals surface area contributed by atoms with Crippen LogP contribution in [-0.4, -0.2) is 25.7 Å². The largest absolute Gasteiger partial charge is 0.436 e. The minimum atomic E-state index is -0.397. The molecule has 0 spiro atoms. The summed E-state index contributed by atoms with van der Waals surface area (Å²) in [6.07, 6.45) is 5.37. The molecule has 8 heteroatoms. The predicted octanol–water partition coefficient (Wildman–Crippen LogP) is 4.00. The standard InChI is InChI=1S/C22H18FN5O2/c23-18-8-4-3-7-17(18)19-11-25-22(30-19)16-6-2-1-5-15(16)21(29)24-12-20-27-26-13-28(20)14-9-10-14/h1-8,11,13-14H,9-10,12H2,(H,24,29). The van der Waals surface area contributed by atoms with Crippen molar-refractivity contribution in [3.63, 3.8) is 0 Å². The van der Waals surface area contributed by atoms with E-state index in [-0.39, 0.29) is 18.3 Å². The number of halogens is 1. The zero-order valence-corrected chi connectivity index (χ0v) is 16.0. The van der Waals surface area contributed by atoms with E-state index in [1.165, 1.54) is 12.3 Å². The van der Waals surface area contributed by atoms with Gasteiger partial charge in [-0.05, 0) is 37.1 Å². The Morgan fingerprint density at radius 3 is 2.70 bits per heavy atom. The van der Waals surface area contributed by atoms with E-state index in [1.807, 2.05) is 4.57 Å². The lowest BCUT2D eigenvalue weighted by molar-refractivity contribution is 0.0950. The van der Waals surface area contributed by atoms with E-state index in [4.69, 9.17) is 4.42 Å². The molecule has 1 aliphatic carbocycles. The van der Waals surface area contributed by atoms with Crippen LogP contribution in [0, 0.1) is 5.82 Å². The van der Waals surface area contributed by atoms with Crippen LogP contribution in [0.3, 0.4) is 0 Å². The van der Waals surface area contributed by atoms with E-state index in [9.17, 15) is 9.18 Å². The van der Waals surface area contributed by atoms with Crippen LogP contribution in [0.5, 0.6) is 0 Å². The summed E-state index contributed by atoms with van der Waals surface area (Å²) in [6, 6.07) is 13.8. The van der Waals surface area contributed by atoms with Crippen LogP contribution in [0.4, 0.5) is 4.39 Å². The minimum Gasteiger partial charge on any atom is -0.436 e. The van der Waals surface area contributed by atoms with Crippen molar-refractivity contribution in [2.75, 3.05) is 0 Å². The van der Waals surface area contributed by atoms with Crippen molar-refractivity contribution in [3.8, 4) is 22.8 Å². The number of rotatable bonds is 6. The van der Waals surface area contributed by atoms with Crippen LogP contribution < -0.4 is 5.32 Å². The maximum Gasteiger partial charge on any atom is 0.252 e. The zero-order valence-electron chi connectivity index (χ0n) is 16.0. The third kappa shape index (κ3) is 3.47. The maximum atomic E-state index is 14.1. The van der Waals surface area contributed by atoms with Crippen molar-refractivity contribution in [1.82, 2.24) is 25.1 Å². The Balaban J connectivity index is 1.38. The van der Waals surface area contributed by atoms with Crippen LogP contribution in [0.15, 0.2) is 65.5 Å². The lowest BCUT2D eigenvalue weighted by Gasteiger charge is -2.09. The fourth-order valence-electron chi connectivity index (χ4n) is 3.36. The lowest BCUT2D eigenvalue weighted by Crippen LogP contribution is -2.25. The van der Waals surface area contributed by atoms with Crippen molar-refractivity contribution < 1.29 is 13.6 Å². The van der Waals surface area contributed by atoms with Crippen LogP contribution in [-0.2, 0) is 6.54 Å². The molecule has 1 amide bonds. The number of nitrogens with zero attached hydrogens (tertiary/aromatic N) is 4. The first-order valence-electron chi connectivity index (χ1n) is 9.67. The lowest BCUT2D eigenvalue weighted by atomic mass is 10.1. The van der Waals surface area contributed by atoms with Gasteiger partial charge in [-0.1, -0.05) is 24.3 Å². The average molecular weight is 403 g/mol. The van der Waals surface area contributed by atoms with Gasteiger partial charge in [0.05, 0.1) is 23.9 Å². The molecule has 4 aromatic rings. The van der Waals surface area contributed by atoms with Gasteiger partial charge in [0.15, 0.2) is 11.6 Å². The highest BCUT2D eigenvalue weighted by atomic mass is 19.1. The number of amides is 1. The number of aromatic nitrogens is 4. The summed E-state index contributed by atoms with van der Waals surface area (Å²) in [5, 5.41) is 10.9. The van der Waals surface area contributed by atoms with Crippen LogP contribution in [0.2, 0.25) is 0 Å². The molecule has 0 radical (unpaired) electrons. The number of carbonyl (C=O) groups excluding carboxylic acids is 1. The summed E-state index contributed by atoms with van der Waals surface area (Å²) >= 11 is 0.